The molecule has 0 bridgehead atoms. The molecule has 0 aromatic heterocycles. The van der Waals surface area contributed by atoms with Crippen molar-refractivity contribution in [3.63, 3.8) is 0 Å². The zero-order valence-corrected chi connectivity index (χ0v) is 11.4. The van der Waals surface area contributed by atoms with Crippen LogP contribution in [0.3, 0.4) is 0 Å². The molecule has 1 aromatic carbocycles. The number of rotatable bonds is 6. The van der Waals surface area contributed by atoms with Gasteiger partial charge in [-0.15, -0.1) is 0 Å². The van der Waals surface area contributed by atoms with E-state index in [0.717, 1.165) is 23.1 Å². The van der Waals surface area contributed by atoms with E-state index in [2.05, 4.69) is 0 Å². The van der Waals surface area contributed by atoms with Crippen LogP contribution in [-0.2, 0) is 9.59 Å². The van der Waals surface area contributed by atoms with Crippen LogP contribution in [0.1, 0.15) is 10.4 Å². The maximum absolute atomic E-state index is 12.2. The molecule has 0 fully saturated rings. The summed E-state index contributed by atoms with van der Waals surface area (Å²) in [6.45, 7) is -1.07. The van der Waals surface area contributed by atoms with Crippen molar-refractivity contribution in [2.45, 2.75) is 0 Å². The van der Waals surface area contributed by atoms with Crippen LogP contribution in [-0.4, -0.2) is 40.6 Å². The molecule has 9 nitrogen and oxygen atoms in total. The molecule has 1 rings (SSSR count). The van der Waals surface area contributed by atoms with E-state index < -0.39 is 35.7 Å². The topological polar surface area (TPSA) is 150 Å². The first kappa shape index (κ1) is 16.4. The molecule has 0 aliphatic heterocycles. The highest BCUT2D eigenvalue weighted by atomic mass is 35.5. The lowest BCUT2D eigenvalue weighted by atomic mass is 10.1. The molecule has 0 aliphatic rings. The molecule has 3 amide bonds. The normalized spacial score (nSPS) is 9.95. The zero-order chi connectivity index (χ0) is 16.2. The maximum atomic E-state index is 12.2. The highest BCUT2D eigenvalue weighted by Crippen LogP contribution is 2.23. The first-order chi connectivity index (χ1) is 9.72. The first-order valence-corrected chi connectivity index (χ1v) is 5.90. The first-order valence-electron chi connectivity index (χ1n) is 5.52. The number of nitro groups is 1. The number of amides is 3. The number of carbonyl (C=O) groups is 3. The minimum Gasteiger partial charge on any atom is -0.368 e. The Hall–Kier alpha value is -2.68. The predicted octanol–water partition coefficient (Wildman–Crippen LogP) is -0.339. The Morgan fingerprint density at radius 2 is 1.71 bits per heavy atom. The van der Waals surface area contributed by atoms with E-state index in [4.69, 9.17) is 23.1 Å². The molecule has 1 aromatic rings. The average molecular weight is 315 g/mol. The van der Waals surface area contributed by atoms with E-state index >= 15 is 0 Å². The van der Waals surface area contributed by atoms with Crippen molar-refractivity contribution in [2.24, 2.45) is 11.5 Å². The molecule has 4 N–H and O–H groups in total. The predicted molar refractivity (Wildman–Crippen MR) is 72.4 cm³/mol. The van der Waals surface area contributed by atoms with Gasteiger partial charge in [0.1, 0.15) is 13.1 Å². The van der Waals surface area contributed by atoms with Gasteiger partial charge < -0.3 is 16.4 Å². The van der Waals surface area contributed by atoms with Gasteiger partial charge in [-0.1, -0.05) is 11.6 Å². The summed E-state index contributed by atoms with van der Waals surface area (Å²) in [7, 11) is 0. The van der Waals surface area contributed by atoms with E-state index in [9.17, 15) is 24.5 Å². The standard InChI is InChI=1S/C11H11ClN4O5/c12-8-3-6(16(20)21)1-2-7(8)11(19)15(4-9(13)17)5-10(14)18/h1-3H,4-5H2,(H2,13,17)(H2,14,18). The summed E-state index contributed by atoms with van der Waals surface area (Å²) in [6.07, 6.45) is 0. The number of nitrogens with zero attached hydrogens (tertiary/aromatic N) is 2. The van der Waals surface area contributed by atoms with Crippen molar-refractivity contribution in [3.8, 4) is 0 Å². The van der Waals surface area contributed by atoms with E-state index in [0.29, 0.717) is 0 Å². The third-order valence-corrected chi connectivity index (χ3v) is 2.69. The highest BCUT2D eigenvalue weighted by molar-refractivity contribution is 6.34. The lowest BCUT2D eigenvalue weighted by Gasteiger charge is -2.19. The van der Waals surface area contributed by atoms with Crippen LogP contribution < -0.4 is 11.5 Å². The quantitative estimate of drug-likeness (QED) is 0.544. The van der Waals surface area contributed by atoms with E-state index in [1.165, 1.54) is 0 Å². The fraction of sp³-hybridized carbons (Fsp3) is 0.182. The highest BCUT2D eigenvalue weighted by Gasteiger charge is 2.23. The summed E-state index contributed by atoms with van der Waals surface area (Å²) in [5.74, 6) is -2.47. The Kier molecular flexibility index (Phi) is 5.19. The fourth-order valence-corrected chi connectivity index (χ4v) is 1.79. The van der Waals surface area contributed by atoms with Gasteiger partial charge in [-0.2, -0.15) is 0 Å². The second-order valence-electron chi connectivity index (χ2n) is 4.02. The smallest absolute Gasteiger partial charge is 0.270 e. The molecule has 0 radical (unpaired) electrons. The Morgan fingerprint density at radius 3 is 2.10 bits per heavy atom. The van der Waals surface area contributed by atoms with Crippen molar-refractivity contribution in [1.29, 1.82) is 0 Å². The van der Waals surface area contributed by atoms with Crippen LogP contribution in [0.4, 0.5) is 5.69 Å². The molecule has 112 valence electrons. The summed E-state index contributed by atoms with van der Waals surface area (Å²) in [6, 6.07) is 3.19. The van der Waals surface area contributed by atoms with Gasteiger partial charge in [0, 0.05) is 12.1 Å². The van der Waals surface area contributed by atoms with Crippen LogP contribution in [0.15, 0.2) is 18.2 Å². The summed E-state index contributed by atoms with van der Waals surface area (Å²) >= 11 is 5.80. The molecule has 21 heavy (non-hydrogen) atoms. The number of hydrogen-bond acceptors (Lipinski definition) is 5. The lowest BCUT2D eigenvalue weighted by Crippen LogP contribution is -2.43. The number of nitrogens with two attached hydrogens (primary N) is 2. The van der Waals surface area contributed by atoms with Gasteiger partial charge in [-0.05, 0) is 6.07 Å². The van der Waals surface area contributed by atoms with Crippen LogP contribution in [0.5, 0.6) is 0 Å². The minimum absolute atomic E-state index is 0.107. The number of non-ortho nitro benzene ring substituents is 1. The number of benzene rings is 1. The molecule has 0 spiro atoms. The molecule has 0 unspecified atom stereocenters. The number of carbonyl (C=O) groups excluding carboxylic acids is 3. The summed E-state index contributed by atoms with van der Waals surface area (Å²) in [5.41, 5.74) is 9.55. The third-order valence-electron chi connectivity index (χ3n) is 2.37. The van der Waals surface area contributed by atoms with Crippen LogP contribution in [0, 0.1) is 10.1 Å². The average Bonchev–Trinajstić information content (AvgIpc) is 2.35. The van der Waals surface area contributed by atoms with Crippen LogP contribution in [0.2, 0.25) is 5.02 Å². The van der Waals surface area contributed by atoms with Crippen molar-refractivity contribution in [1.82, 2.24) is 4.90 Å². The van der Waals surface area contributed by atoms with E-state index in [1.54, 1.807) is 0 Å². The van der Waals surface area contributed by atoms with E-state index in [-0.39, 0.29) is 16.3 Å². The molecule has 0 aliphatic carbocycles. The van der Waals surface area contributed by atoms with Crippen molar-refractivity contribution < 1.29 is 19.3 Å². The number of halogens is 1. The minimum atomic E-state index is -0.845. The lowest BCUT2D eigenvalue weighted by molar-refractivity contribution is -0.384. The van der Waals surface area contributed by atoms with Gasteiger partial charge in [0.25, 0.3) is 11.6 Å². The molecule has 10 heteroatoms. The number of hydrogen-bond donors (Lipinski definition) is 2. The van der Waals surface area contributed by atoms with Crippen molar-refractivity contribution in [3.05, 3.63) is 38.9 Å². The van der Waals surface area contributed by atoms with Crippen molar-refractivity contribution in [2.75, 3.05) is 13.1 Å². The second-order valence-corrected chi connectivity index (χ2v) is 4.42. The molecule has 0 atom stereocenters. The Morgan fingerprint density at radius 1 is 1.19 bits per heavy atom. The molecular weight excluding hydrogens is 304 g/mol. The second kappa shape index (κ2) is 6.66. The largest absolute Gasteiger partial charge is 0.368 e. The summed E-state index contributed by atoms with van der Waals surface area (Å²) in [4.78, 5) is 44.7. The molecule has 0 saturated heterocycles. The van der Waals surface area contributed by atoms with Gasteiger partial charge in [0.05, 0.1) is 15.5 Å². The molecular formula is C11H11ClN4O5. The summed E-state index contributed by atoms with van der Waals surface area (Å²) < 4.78 is 0. The Labute approximate surface area is 123 Å². The number of primary amides is 2. The Balaban J connectivity index is 3.11. The Bertz CT molecular complexity index is 603. The van der Waals surface area contributed by atoms with Crippen LogP contribution >= 0.6 is 11.6 Å². The van der Waals surface area contributed by atoms with Gasteiger partial charge in [-0.25, -0.2) is 0 Å². The van der Waals surface area contributed by atoms with Crippen LogP contribution in [0.25, 0.3) is 0 Å². The fourth-order valence-electron chi connectivity index (χ4n) is 1.54. The van der Waals surface area contributed by atoms with Crippen molar-refractivity contribution >= 4 is 35.0 Å². The van der Waals surface area contributed by atoms with E-state index in [1.807, 2.05) is 0 Å². The van der Waals surface area contributed by atoms with Gasteiger partial charge in [-0.3, -0.25) is 24.5 Å². The van der Waals surface area contributed by atoms with Gasteiger partial charge in [0.2, 0.25) is 11.8 Å². The number of nitro benzene ring substituents is 1. The zero-order valence-electron chi connectivity index (χ0n) is 10.6. The maximum Gasteiger partial charge on any atom is 0.270 e. The van der Waals surface area contributed by atoms with Gasteiger partial charge >= 0.3 is 0 Å². The summed E-state index contributed by atoms with van der Waals surface area (Å²) in [5, 5.41) is 10.4. The molecule has 0 saturated carbocycles. The third kappa shape index (κ3) is 4.42. The van der Waals surface area contributed by atoms with Gasteiger partial charge in [0.15, 0.2) is 0 Å². The monoisotopic (exact) mass is 314 g/mol. The molecule has 0 heterocycles. The SMILES string of the molecule is NC(=O)CN(CC(N)=O)C(=O)c1ccc([N+](=O)[O-])cc1Cl.